The number of carboxylic acids is 1. The van der Waals surface area contributed by atoms with Crippen LogP contribution < -0.4 is 5.32 Å². The van der Waals surface area contributed by atoms with Crippen LogP contribution in [0, 0.1) is 5.92 Å². The van der Waals surface area contributed by atoms with Crippen LogP contribution in [0.5, 0.6) is 0 Å². The number of aliphatic carboxylic acids is 1. The maximum absolute atomic E-state index is 11.8. The highest BCUT2D eigenvalue weighted by Gasteiger charge is 2.13. The van der Waals surface area contributed by atoms with Crippen LogP contribution in [0.4, 0.5) is 4.79 Å². The van der Waals surface area contributed by atoms with Gasteiger partial charge < -0.3 is 20.4 Å². The van der Waals surface area contributed by atoms with Crippen molar-refractivity contribution in [2.45, 2.75) is 33.1 Å². The first kappa shape index (κ1) is 16.7. The number of nitrogens with zero attached hydrogens (tertiary/aromatic N) is 1. The highest BCUT2D eigenvalue weighted by atomic mass is 16.4. The predicted molar refractivity (Wildman–Crippen MR) is 68.4 cm³/mol. The van der Waals surface area contributed by atoms with Crippen LogP contribution in [0.3, 0.4) is 0 Å². The van der Waals surface area contributed by atoms with Gasteiger partial charge in [-0.25, -0.2) is 4.79 Å². The summed E-state index contributed by atoms with van der Waals surface area (Å²) in [5.41, 5.74) is 0. The van der Waals surface area contributed by atoms with Gasteiger partial charge in [0.15, 0.2) is 0 Å². The molecular formula is C12H24N2O4. The summed E-state index contributed by atoms with van der Waals surface area (Å²) in [6, 6.07) is -0.201. The monoisotopic (exact) mass is 260 g/mol. The minimum absolute atomic E-state index is 0.0536. The van der Waals surface area contributed by atoms with Crippen LogP contribution in [0.25, 0.3) is 0 Å². The van der Waals surface area contributed by atoms with Crippen molar-refractivity contribution in [1.29, 1.82) is 0 Å². The van der Waals surface area contributed by atoms with E-state index in [1.165, 1.54) is 0 Å². The van der Waals surface area contributed by atoms with Crippen LogP contribution in [-0.2, 0) is 4.79 Å². The molecule has 106 valence electrons. The third-order valence-electron chi connectivity index (χ3n) is 2.60. The number of urea groups is 1. The van der Waals surface area contributed by atoms with E-state index in [4.69, 9.17) is 10.2 Å². The second-order valence-electron chi connectivity index (χ2n) is 4.43. The summed E-state index contributed by atoms with van der Waals surface area (Å²) >= 11 is 0. The molecule has 0 aromatic heterocycles. The lowest BCUT2D eigenvalue weighted by atomic mass is 10.1. The van der Waals surface area contributed by atoms with Crippen molar-refractivity contribution in [1.82, 2.24) is 10.2 Å². The molecule has 0 heterocycles. The van der Waals surface area contributed by atoms with E-state index in [-0.39, 0.29) is 25.0 Å². The lowest BCUT2D eigenvalue weighted by Gasteiger charge is -2.22. The molecule has 1 atom stereocenters. The first-order valence-electron chi connectivity index (χ1n) is 6.36. The number of aliphatic hydroxyl groups is 1. The predicted octanol–water partition coefficient (Wildman–Crippen LogP) is 0.901. The molecule has 0 aliphatic rings. The summed E-state index contributed by atoms with van der Waals surface area (Å²) in [6.45, 7) is 5.20. The van der Waals surface area contributed by atoms with Gasteiger partial charge in [0, 0.05) is 26.1 Å². The van der Waals surface area contributed by atoms with Crippen molar-refractivity contribution in [3.8, 4) is 0 Å². The molecule has 0 radical (unpaired) electrons. The molecule has 0 bridgehead atoms. The molecule has 0 aliphatic carbocycles. The van der Waals surface area contributed by atoms with E-state index in [9.17, 15) is 9.59 Å². The first-order chi connectivity index (χ1) is 8.51. The average molecular weight is 260 g/mol. The summed E-state index contributed by atoms with van der Waals surface area (Å²) in [7, 11) is 0. The number of hydrogen-bond donors (Lipinski definition) is 3. The zero-order chi connectivity index (χ0) is 14.0. The summed E-state index contributed by atoms with van der Waals surface area (Å²) in [4.78, 5) is 23.7. The molecule has 3 N–H and O–H groups in total. The molecule has 0 aromatic carbocycles. The van der Waals surface area contributed by atoms with Crippen molar-refractivity contribution in [3.05, 3.63) is 0 Å². The van der Waals surface area contributed by atoms with Gasteiger partial charge in [0.2, 0.25) is 0 Å². The number of nitrogens with one attached hydrogen (secondary N) is 1. The summed E-state index contributed by atoms with van der Waals surface area (Å²) in [5, 5.41) is 20.2. The topological polar surface area (TPSA) is 89.9 Å². The van der Waals surface area contributed by atoms with Gasteiger partial charge in [0.05, 0.1) is 6.61 Å². The molecule has 0 saturated carbocycles. The molecule has 0 aliphatic heterocycles. The molecule has 0 rings (SSSR count). The van der Waals surface area contributed by atoms with Crippen molar-refractivity contribution < 1.29 is 19.8 Å². The molecular weight excluding hydrogens is 236 g/mol. The molecule has 2 amide bonds. The van der Waals surface area contributed by atoms with E-state index in [0.29, 0.717) is 26.1 Å². The van der Waals surface area contributed by atoms with Crippen LogP contribution in [-0.4, -0.2) is 53.4 Å². The Labute approximate surface area is 108 Å². The minimum atomic E-state index is -0.818. The quantitative estimate of drug-likeness (QED) is 0.574. The van der Waals surface area contributed by atoms with Gasteiger partial charge in [-0.2, -0.15) is 0 Å². The first-order valence-corrected chi connectivity index (χ1v) is 6.36. The normalized spacial score (nSPS) is 11.9. The smallest absolute Gasteiger partial charge is 0.317 e. The van der Waals surface area contributed by atoms with Gasteiger partial charge in [-0.1, -0.05) is 13.8 Å². The van der Waals surface area contributed by atoms with Crippen molar-refractivity contribution in [2.24, 2.45) is 5.92 Å². The molecule has 6 nitrogen and oxygen atoms in total. The van der Waals surface area contributed by atoms with Crippen molar-refractivity contribution in [2.75, 3.05) is 26.2 Å². The fourth-order valence-electron chi connectivity index (χ4n) is 1.55. The van der Waals surface area contributed by atoms with Gasteiger partial charge >= 0.3 is 12.0 Å². The van der Waals surface area contributed by atoms with Gasteiger partial charge in [0.1, 0.15) is 0 Å². The van der Waals surface area contributed by atoms with E-state index in [0.717, 1.165) is 6.42 Å². The fraction of sp³-hybridized carbons (Fsp3) is 0.833. The highest BCUT2D eigenvalue weighted by Crippen LogP contribution is 2.04. The Morgan fingerprint density at radius 1 is 1.33 bits per heavy atom. The molecule has 0 fully saturated rings. The maximum atomic E-state index is 11.8. The Balaban J connectivity index is 3.94. The Morgan fingerprint density at radius 3 is 2.50 bits per heavy atom. The third kappa shape index (κ3) is 7.89. The summed E-state index contributed by atoms with van der Waals surface area (Å²) in [6.07, 6.45) is 1.50. The zero-order valence-corrected chi connectivity index (χ0v) is 11.2. The highest BCUT2D eigenvalue weighted by molar-refractivity contribution is 5.74. The van der Waals surface area contributed by atoms with Crippen molar-refractivity contribution in [3.63, 3.8) is 0 Å². The number of carbonyl (C=O) groups excluding carboxylic acids is 1. The standard InChI is InChI=1S/C12H24N2O4/c1-3-6-14(7-8-15)12(18)13-9-10(2)4-5-11(16)17/h10,15H,3-9H2,1-2H3,(H,13,18)(H,16,17). The van der Waals surface area contributed by atoms with Gasteiger partial charge in [0.25, 0.3) is 0 Å². The fourth-order valence-corrected chi connectivity index (χ4v) is 1.55. The van der Waals surface area contributed by atoms with Gasteiger partial charge in [-0.3, -0.25) is 4.79 Å². The van der Waals surface area contributed by atoms with E-state index in [2.05, 4.69) is 5.32 Å². The lowest BCUT2D eigenvalue weighted by molar-refractivity contribution is -0.137. The number of rotatable bonds is 9. The third-order valence-corrected chi connectivity index (χ3v) is 2.60. The van der Waals surface area contributed by atoms with E-state index < -0.39 is 5.97 Å². The van der Waals surface area contributed by atoms with Crippen LogP contribution >= 0.6 is 0 Å². The van der Waals surface area contributed by atoms with E-state index in [1.54, 1.807) is 4.90 Å². The molecule has 18 heavy (non-hydrogen) atoms. The number of amides is 2. The van der Waals surface area contributed by atoms with Crippen LogP contribution in [0.2, 0.25) is 0 Å². The van der Waals surface area contributed by atoms with E-state index in [1.807, 2.05) is 13.8 Å². The van der Waals surface area contributed by atoms with Crippen molar-refractivity contribution >= 4 is 12.0 Å². The molecule has 1 unspecified atom stereocenters. The lowest BCUT2D eigenvalue weighted by Crippen LogP contribution is -2.43. The Kier molecular flexibility index (Phi) is 9.00. The summed E-state index contributed by atoms with van der Waals surface area (Å²) < 4.78 is 0. The molecule has 6 heteroatoms. The molecule has 0 aromatic rings. The number of hydrogen-bond acceptors (Lipinski definition) is 3. The molecule has 0 spiro atoms. The number of carboxylic acid groups (broad SMARTS) is 1. The largest absolute Gasteiger partial charge is 0.481 e. The second kappa shape index (κ2) is 9.70. The second-order valence-corrected chi connectivity index (χ2v) is 4.43. The number of aliphatic hydroxyl groups excluding tert-OH is 1. The Bertz CT molecular complexity index is 252. The van der Waals surface area contributed by atoms with Crippen LogP contribution in [0.15, 0.2) is 0 Å². The maximum Gasteiger partial charge on any atom is 0.317 e. The minimum Gasteiger partial charge on any atom is -0.481 e. The summed E-state index contributed by atoms with van der Waals surface area (Å²) in [5.74, 6) is -0.691. The Morgan fingerprint density at radius 2 is 2.00 bits per heavy atom. The van der Waals surface area contributed by atoms with Gasteiger partial charge in [-0.15, -0.1) is 0 Å². The molecule has 0 saturated heterocycles. The SMILES string of the molecule is CCCN(CCO)C(=O)NCC(C)CCC(=O)O. The van der Waals surface area contributed by atoms with Crippen LogP contribution in [0.1, 0.15) is 33.1 Å². The van der Waals surface area contributed by atoms with E-state index >= 15 is 0 Å². The van der Waals surface area contributed by atoms with Gasteiger partial charge in [-0.05, 0) is 18.8 Å². The average Bonchev–Trinajstić information content (AvgIpc) is 2.33. The zero-order valence-electron chi connectivity index (χ0n) is 11.2. The number of carbonyl (C=O) groups is 2. The Hall–Kier alpha value is -1.30.